The molecule has 0 aliphatic rings. The fraction of sp³-hybridized carbons (Fsp3) is 0. The molecule has 2 aromatic carbocycles. The fourth-order valence-electron chi connectivity index (χ4n) is 1.40. The molecule has 0 saturated heterocycles. The van der Waals surface area contributed by atoms with Crippen LogP contribution in [0.4, 0.5) is 0 Å². The minimum absolute atomic E-state index is 0.0292. The third-order valence-corrected chi connectivity index (χ3v) is 3.11. The first kappa shape index (κ1) is 11.1. The highest BCUT2D eigenvalue weighted by Crippen LogP contribution is 2.21. The Bertz CT molecular complexity index is 521. The van der Waals surface area contributed by atoms with Crippen molar-refractivity contribution >= 4 is 28.4 Å². The molecule has 0 spiro atoms. The molecule has 80 valence electrons. The second kappa shape index (κ2) is 4.65. The van der Waals surface area contributed by atoms with E-state index in [-0.39, 0.29) is 11.5 Å². The lowest BCUT2D eigenvalue weighted by Crippen LogP contribution is -2.00. The number of hydrogen-bond acceptors (Lipinski definition) is 2. The van der Waals surface area contributed by atoms with Gasteiger partial charge in [0.2, 0.25) is 0 Å². The number of carbonyl (C=O) groups is 1. The summed E-state index contributed by atoms with van der Waals surface area (Å²) in [5, 5.41) is 9.38. The van der Waals surface area contributed by atoms with Crippen molar-refractivity contribution in [3.05, 3.63) is 63.2 Å². The molecular formula is C13H9IO2. The molecule has 2 aromatic rings. The number of hydrogen-bond donors (Lipinski definition) is 1. The van der Waals surface area contributed by atoms with E-state index < -0.39 is 0 Å². The summed E-state index contributed by atoms with van der Waals surface area (Å²) in [7, 11) is 0. The zero-order valence-electron chi connectivity index (χ0n) is 8.35. The van der Waals surface area contributed by atoms with Crippen molar-refractivity contribution in [3.63, 3.8) is 0 Å². The van der Waals surface area contributed by atoms with Gasteiger partial charge in [-0.3, -0.25) is 4.79 Å². The van der Waals surface area contributed by atoms with Gasteiger partial charge in [-0.1, -0.05) is 30.3 Å². The first-order valence-corrected chi connectivity index (χ1v) is 5.84. The Morgan fingerprint density at radius 3 is 2.31 bits per heavy atom. The van der Waals surface area contributed by atoms with E-state index >= 15 is 0 Å². The van der Waals surface area contributed by atoms with Crippen molar-refractivity contribution in [1.82, 2.24) is 0 Å². The van der Waals surface area contributed by atoms with Crippen molar-refractivity contribution in [3.8, 4) is 5.75 Å². The van der Waals surface area contributed by atoms with Gasteiger partial charge in [0.1, 0.15) is 5.75 Å². The highest BCUT2D eigenvalue weighted by Gasteiger charge is 2.09. The Morgan fingerprint density at radius 2 is 1.69 bits per heavy atom. The van der Waals surface area contributed by atoms with E-state index in [2.05, 4.69) is 0 Å². The molecule has 0 aromatic heterocycles. The van der Waals surface area contributed by atoms with Gasteiger partial charge in [0, 0.05) is 11.1 Å². The molecule has 2 nitrogen and oxygen atoms in total. The second-order valence-corrected chi connectivity index (χ2v) is 4.52. The van der Waals surface area contributed by atoms with Crippen LogP contribution in [0.5, 0.6) is 5.75 Å². The largest absolute Gasteiger partial charge is 0.507 e. The molecule has 0 saturated carbocycles. The lowest BCUT2D eigenvalue weighted by Gasteiger charge is -2.02. The Kier molecular flexibility index (Phi) is 3.24. The summed E-state index contributed by atoms with van der Waals surface area (Å²) in [5.41, 5.74) is 1.25. The van der Waals surface area contributed by atoms with Crippen LogP contribution < -0.4 is 0 Å². The fourth-order valence-corrected chi connectivity index (χ4v) is 1.92. The number of aromatic hydroxyl groups is 1. The van der Waals surface area contributed by atoms with E-state index in [4.69, 9.17) is 0 Å². The molecule has 0 heterocycles. The minimum atomic E-state index is -0.0292. The number of benzene rings is 2. The van der Waals surface area contributed by atoms with Gasteiger partial charge in [-0.25, -0.2) is 0 Å². The van der Waals surface area contributed by atoms with E-state index in [0.29, 0.717) is 14.7 Å². The number of carbonyl (C=O) groups excluding carboxylic acids is 1. The van der Waals surface area contributed by atoms with E-state index in [0.717, 1.165) is 0 Å². The summed E-state index contributed by atoms with van der Waals surface area (Å²) in [6.45, 7) is 0. The number of phenols is 1. The summed E-state index contributed by atoms with van der Waals surface area (Å²) >= 11 is 2.00. The summed E-state index contributed by atoms with van der Waals surface area (Å²) in [6, 6.07) is 14.0. The Balaban J connectivity index is 2.39. The van der Waals surface area contributed by atoms with Crippen LogP contribution in [0.25, 0.3) is 0 Å². The standard InChI is InChI=1S/C13H9IO2/c14-11-8-10(6-7-12(11)15)13(16)9-4-2-1-3-5-9/h1-8,15H. The maximum atomic E-state index is 12.0. The third kappa shape index (κ3) is 2.24. The van der Waals surface area contributed by atoms with Crippen LogP contribution in [0.2, 0.25) is 0 Å². The monoisotopic (exact) mass is 324 g/mol. The number of ketones is 1. The summed E-state index contributed by atoms with van der Waals surface area (Å²) in [6.07, 6.45) is 0. The van der Waals surface area contributed by atoms with Crippen LogP contribution in [0.15, 0.2) is 48.5 Å². The van der Waals surface area contributed by atoms with E-state index in [1.54, 1.807) is 24.3 Å². The van der Waals surface area contributed by atoms with Gasteiger partial charge >= 0.3 is 0 Å². The highest BCUT2D eigenvalue weighted by molar-refractivity contribution is 14.1. The molecule has 0 amide bonds. The first-order chi connectivity index (χ1) is 7.68. The van der Waals surface area contributed by atoms with Crippen LogP contribution in [0.1, 0.15) is 15.9 Å². The summed E-state index contributed by atoms with van der Waals surface area (Å²) in [5.74, 6) is 0.170. The third-order valence-electron chi connectivity index (χ3n) is 2.25. The van der Waals surface area contributed by atoms with E-state index in [1.165, 1.54) is 6.07 Å². The molecule has 0 aliphatic heterocycles. The molecule has 0 bridgehead atoms. The Labute approximate surface area is 107 Å². The number of halogens is 1. The molecule has 0 atom stereocenters. The maximum Gasteiger partial charge on any atom is 0.193 e. The summed E-state index contributed by atoms with van der Waals surface area (Å²) in [4.78, 5) is 12.0. The molecule has 16 heavy (non-hydrogen) atoms. The van der Waals surface area contributed by atoms with E-state index in [9.17, 15) is 9.90 Å². The highest BCUT2D eigenvalue weighted by atomic mass is 127. The summed E-state index contributed by atoms with van der Waals surface area (Å²) < 4.78 is 0.680. The smallest absolute Gasteiger partial charge is 0.193 e. The topological polar surface area (TPSA) is 37.3 Å². The van der Waals surface area contributed by atoms with Crippen molar-refractivity contribution in [2.24, 2.45) is 0 Å². The molecule has 0 radical (unpaired) electrons. The number of rotatable bonds is 2. The Hall–Kier alpha value is -1.36. The van der Waals surface area contributed by atoms with Gasteiger partial charge in [-0.2, -0.15) is 0 Å². The normalized spacial score (nSPS) is 10.1. The molecular weight excluding hydrogens is 315 g/mol. The number of phenolic OH excluding ortho intramolecular Hbond substituents is 1. The molecule has 1 N–H and O–H groups in total. The molecule has 0 unspecified atom stereocenters. The van der Waals surface area contributed by atoms with Crippen LogP contribution in [0.3, 0.4) is 0 Å². The average Bonchev–Trinajstić information content (AvgIpc) is 2.33. The van der Waals surface area contributed by atoms with Crippen LogP contribution >= 0.6 is 22.6 Å². The van der Waals surface area contributed by atoms with Gasteiger partial charge in [0.15, 0.2) is 5.78 Å². The van der Waals surface area contributed by atoms with Gasteiger partial charge in [-0.15, -0.1) is 0 Å². The molecule has 3 heteroatoms. The van der Waals surface area contributed by atoms with Crippen LogP contribution in [-0.2, 0) is 0 Å². The van der Waals surface area contributed by atoms with Gasteiger partial charge < -0.3 is 5.11 Å². The predicted molar refractivity (Wildman–Crippen MR) is 70.7 cm³/mol. The van der Waals surface area contributed by atoms with Crippen LogP contribution in [0, 0.1) is 3.57 Å². The van der Waals surface area contributed by atoms with Crippen molar-refractivity contribution in [2.75, 3.05) is 0 Å². The van der Waals surface area contributed by atoms with Gasteiger partial charge in [0.25, 0.3) is 0 Å². The minimum Gasteiger partial charge on any atom is -0.507 e. The quantitative estimate of drug-likeness (QED) is 0.680. The molecule has 2 rings (SSSR count). The van der Waals surface area contributed by atoms with Crippen molar-refractivity contribution < 1.29 is 9.90 Å². The average molecular weight is 324 g/mol. The van der Waals surface area contributed by atoms with Crippen molar-refractivity contribution in [2.45, 2.75) is 0 Å². The van der Waals surface area contributed by atoms with E-state index in [1.807, 2.05) is 40.8 Å². The van der Waals surface area contributed by atoms with Gasteiger partial charge in [-0.05, 0) is 40.8 Å². The SMILES string of the molecule is O=C(c1ccccc1)c1ccc(O)c(I)c1. The lowest BCUT2D eigenvalue weighted by molar-refractivity contribution is 0.103. The molecule has 0 fully saturated rings. The van der Waals surface area contributed by atoms with Gasteiger partial charge in [0.05, 0.1) is 3.57 Å². The zero-order valence-corrected chi connectivity index (χ0v) is 10.5. The maximum absolute atomic E-state index is 12.0. The zero-order chi connectivity index (χ0) is 11.5. The lowest BCUT2D eigenvalue weighted by atomic mass is 10.0. The first-order valence-electron chi connectivity index (χ1n) is 4.77. The second-order valence-electron chi connectivity index (χ2n) is 3.36. The Morgan fingerprint density at radius 1 is 1.00 bits per heavy atom. The molecule has 0 aliphatic carbocycles. The van der Waals surface area contributed by atoms with Crippen molar-refractivity contribution in [1.29, 1.82) is 0 Å². The van der Waals surface area contributed by atoms with Crippen LogP contribution in [-0.4, -0.2) is 10.9 Å². The predicted octanol–water partition coefficient (Wildman–Crippen LogP) is 3.23.